The predicted molar refractivity (Wildman–Crippen MR) is 65.0 cm³/mol. The number of carbonyl (C=O) groups excluding carboxylic acids is 1. The van der Waals surface area contributed by atoms with Crippen LogP contribution in [0.25, 0.3) is 10.9 Å². The molecule has 0 spiro atoms. The average molecular weight is 256 g/mol. The van der Waals surface area contributed by atoms with Crippen molar-refractivity contribution in [2.45, 2.75) is 13.3 Å². The van der Waals surface area contributed by atoms with Crippen molar-refractivity contribution >= 4 is 40.0 Å². The van der Waals surface area contributed by atoms with E-state index in [1.165, 1.54) is 11.5 Å². The zero-order valence-corrected chi connectivity index (χ0v) is 10.3. The van der Waals surface area contributed by atoms with Crippen molar-refractivity contribution in [2.75, 3.05) is 6.61 Å². The molecule has 0 atom stereocenters. The number of benzene rings is 1. The summed E-state index contributed by atoms with van der Waals surface area (Å²) < 4.78 is 9.14. The molecule has 1 aromatic carbocycles. The van der Waals surface area contributed by atoms with E-state index in [4.69, 9.17) is 16.3 Å². The number of aromatic nitrogens is 1. The lowest BCUT2D eigenvalue weighted by Gasteiger charge is -1.99. The summed E-state index contributed by atoms with van der Waals surface area (Å²) in [6, 6.07) is 5.48. The van der Waals surface area contributed by atoms with Crippen molar-refractivity contribution in [3.8, 4) is 0 Å². The van der Waals surface area contributed by atoms with Gasteiger partial charge in [0.15, 0.2) is 0 Å². The molecular weight excluding hydrogens is 246 g/mol. The largest absolute Gasteiger partial charge is 0.466 e. The number of rotatable bonds is 3. The third-order valence-corrected chi connectivity index (χ3v) is 3.23. The van der Waals surface area contributed by atoms with Gasteiger partial charge in [0.05, 0.1) is 18.5 Å². The first-order chi connectivity index (χ1) is 7.70. The van der Waals surface area contributed by atoms with Gasteiger partial charge < -0.3 is 4.74 Å². The minimum absolute atomic E-state index is 0.219. The van der Waals surface area contributed by atoms with Crippen LogP contribution >= 0.6 is 23.1 Å². The molecule has 0 unspecified atom stereocenters. The Bertz CT molecular complexity index is 524. The van der Waals surface area contributed by atoms with Gasteiger partial charge in [-0.05, 0) is 30.6 Å². The summed E-state index contributed by atoms with van der Waals surface area (Å²) in [5.74, 6) is -0.219. The first-order valence-corrected chi connectivity index (χ1v) is 6.05. The minimum atomic E-state index is -0.219. The van der Waals surface area contributed by atoms with Crippen molar-refractivity contribution < 1.29 is 9.53 Å². The van der Waals surface area contributed by atoms with E-state index in [1.807, 2.05) is 6.07 Å². The first kappa shape index (κ1) is 11.4. The fourth-order valence-electron chi connectivity index (χ4n) is 1.44. The molecule has 0 saturated carbocycles. The minimum Gasteiger partial charge on any atom is -0.466 e. The highest BCUT2D eigenvalue weighted by atomic mass is 35.5. The molecule has 0 aliphatic rings. The van der Waals surface area contributed by atoms with Gasteiger partial charge in [-0.1, -0.05) is 17.7 Å². The summed E-state index contributed by atoms with van der Waals surface area (Å²) in [7, 11) is 0. The zero-order valence-electron chi connectivity index (χ0n) is 8.70. The number of ether oxygens (including phenoxy) is 1. The first-order valence-electron chi connectivity index (χ1n) is 4.90. The van der Waals surface area contributed by atoms with E-state index in [0.717, 1.165) is 15.8 Å². The van der Waals surface area contributed by atoms with Crippen molar-refractivity contribution in [3.05, 3.63) is 28.1 Å². The predicted octanol–water partition coefficient (Wildman–Crippen LogP) is 3.06. The summed E-state index contributed by atoms with van der Waals surface area (Å²) in [4.78, 5) is 12.3. The van der Waals surface area contributed by atoms with E-state index in [0.29, 0.717) is 11.6 Å². The molecule has 84 valence electrons. The molecule has 0 aliphatic heterocycles. The molecular formula is C11H10ClNO2S. The molecule has 0 amide bonds. The molecule has 1 heterocycles. The van der Waals surface area contributed by atoms with Crippen LogP contribution in [0.3, 0.4) is 0 Å². The SMILES string of the molecule is CCOC(=O)Cc1snc2cc(Cl)ccc12. The van der Waals surface area contributed by atoms with Gasteiger partial charge in [-0.15, -0.1) is 0 Å². The van der Waals surface area contributed by atoms with Gasteiger partial charge in [-0.2, -0.15) is 4.37 Å². The van der Waals surface area contributed by atoms with Gasteiger partial charge in [0.1, 0.15) is 0 Å². The Hall–Kier alpha value is -1.13. The highest BCUT2D eigenvalue weighted by Gasteiger charge is 2.11. The lowest BCUT2D eigenvalue weighted by Crippen LogP contribution is -2.06. The lowest BCUT2D eigenvalue weighted by molar-refractivity contribution is -0.142. The summed E-state index contributed by atoms with van der Waals surface area (Å²) in [6.07, 6.45) is 0.274. The van der Waals surface area contributed by atoms with Crippen LogP contribution in [0.15, 0.2) is 18.2 Å². The van der Waals surface area contributed by atoms with Crippen LogP contribution in [-0.2, 0) is 16.0 Å². The summed E-state index contributed by atoms with van der Waals surface area (Å²) in [6.45, 7) is 2.20. The van der Waals surface area contributed by atoms with Gasteiger partial charge in [-0.25, -0.2) is 0 Å². The molecule has 0 radical (unpaired) electrons. The van der Waals surface area contributed by atoms with Gasteiger partial charge in [0.2, 0.25) is 0 Å². The summed E-state index contributed by atoms with van der Waals surface area (Å²) in [5, 5.41) is 1.63. The van der Waals surface area contributed by atoms with Crippen molar-refractivity contribution in [1.29, 1.82) is 0 Å². The zero-order chi connectivity index (χ0) is 11.5. The quantitative estimate of drug-likeness (QED) is 0.792. The Labute approximate surface area is 102 Å². The normalized spacial score (nSPS) is 10.6. The second-order valence-corrected chi connectivity index (χ2v) is 4.54. The van der Waals surface area contributed by atoms with E-state index in [1.54, 1.807) is 19.1 Å². The monoisotopic (exact) mass is 255 g/mol. The third-order valence-electron chi connectivity index (χ3n) is 2.12. The molecule has 0 N–H and O–H groups in total. The molecule has 0 saturated heterocycles. The second-order valence-electron chi connectivity index (χ2n) is 3.25. The molecule has 1 aromatic heterocycles. The highest BCUT2D eigenvalue weighted by Crippen LogP contribution is 2.25. The fraction of sp³-hybridized carbons (Fsp3) is 0.273. The van der Waals surface area contributed by atoms with E-state index in [9.17, 15) is 4.79 Å². The van der Waals surface area contributed by atoms with Gasteiger partial charge >= 0.3 is 5.97 Å². The molecule has 0 bridgehead atoms. The molecule has 2 aromatic rings. The molecule has 5 heteroatoms. The van der Waals surface area contributed by atoms with Crippen LogP contribution in [-0.4, -0.2) is 16.9 Å². The van der Waals surface area contributed by atoms with Crippen LogP contribution < -0.4 is 0 Å². The number of carbonyl (C=O) groups is 1. The summed E-state index contributed by atoms with van der Waals surface area (Å²) >= 11 is 7.17. The van der Waals surface area contributed by atoms with Crippen molar-refractivity contribution in [2.24, 2.45) is 0 Å². The Morgan fingerprint density at radius 3 is 3.12 bits per heavy atom. The Kier molecular flexibility index (Phi) is 3.41. The molecule has 2 rings (SSSR count). The van der Waals surface area contributed by atoms with Gasteiger partial charge in [0, 0.05) is 15.3 Å². The van der Waals surface area contributed by atoms with Crippen LogP contribution in [0.2, 0.25) is 5.02 Å². The van der Waals surface area contributed by atoms with E-state index in [2.05, 4.69) is 4.37 Å². The third kappa shape index (κ3) is 2.33. The fourth-order valence-corrected chi connectivity index (χ4v) is 2.42. The number of hydrogen-bond acceptors (Lipinski definition) is 4. The van der Waals surface area contributed by atoms with E-state index >= 15 is 0 Å². The second kappa shape index (κ2) is 4.80. The highest BCUT2D eigenvalue weighted by molar-refractivity contribution is 7.07. The Balaban J connectivity index is 2.28. The number of fused-ring (bicyclic) bond motifs is 1. The van der Waals surface area contributed by atoms with Crippen molar-refractivity contribution in [1.82, 2.24) is 4.37 Å². The lowest BCUT2D eigenvalue weighted by atomic mass is 10.2. The standard InChI is InChI=1S/C11H10ClNO2S/c1-2-15-11(14)6-10-8-4-3-7(12)5-9(8)13-16-10/h3-5H,2,6H2,1H3. The van der Waals surface area contributed by atoms with Crippen LogP contribution in [0.5, 0.6) is 0 Å². The van der Waals surface area contributed by atoms with Crippen molar-refractivity contribution in [3.63, 3.8) is 0 Å². The molecule has 16 heavy (non-hydrogen) atoms. The van der Waals surface area contributed by atoms with E-state index < -0.39 is 0 Å². The number of nitrogens with zero attached hydrogens (tertiary/aromatic N) is 1. The van der Waals surface area contributed by atoms with Crippen LogP contribution in [0.4, 0.5) is 0 Å². The molecule has 3 nitrogen and oxygen atoms in total. The topological polar surface area (TPSA) is 39.2 Å². The maximum absolute atomic E-state index is 11.4. The smallest absolute Gasteiger partial charge is 0.311 e. The van der Waals surface area contributed by atoms with Gasteiger partial charge in [-0.3, -0.25) is 4.79 Å². The van der Waals surface area contributed by atoms with Crippen LogP contribution in [0.1, 0.15) is 11.8 Å². The van der Waals surface area contributed by atoms with E-state index in [-0.39, 0.29) is 12.4 Å². The molecule has 0 fully saturated rings. The van der Waals surface area contributed by atoms with Crippen LogP contribution in [0, 0.1) is 0 Å². The average Bonchev–Trinajstić information content (AvgIpc) is 2.61. The molecule has 0 aliphatic carbocycles. The summed E-state index contributed by atoms with van der Waals surface area (Å²) in [5.41, 5.74) is 0.830. The number of hydrogen-bond donors (Lipinski definition) is 0. The Morgan fingerprint density at radius 2 is 2.38 bits per heavy atom. The Morgan fingerprint density at radius 1 is 1.56 bits per heavy atom. The number of esters is 1. The maximum atomic E-state index is 11.4. The maximum Gasteiger partial charge on any atom is 0.311 e. The number of halogens is 1. The van der Waals surface area contributed by atoms with Gasteiger partial charge in [0.25, 0.3) is 0 Å².